The van der Waals surface area contributed by atoms with Gasteiger partial charge in [0.1, 0.15) is 5.69 Å². The number of hydrogen-bond acceptors (Lipinski definition) is 4. The van der Waals surface area contributed by atoms with E-state index in [9.17, 15) is 9.59 Å². The minimum atomic E-state index is -0.542. The number of carbonyl (C=O) groups excluding carboxylic acids is 2. The van der Waals surface area contributed by atoms with Gasteiger partial charge in [0.25, 0.3) is 5.91 Å². The quantitative estimate of drug-likeness (QED) is 0.720. The molecule has 1 atom stereocenters. The first kappa shape index (κ1) is 22.0. The Bertz CT molecular complexity index is 836. The molecule has 28 heavy (non-hydrogen) atoms. The smallest absolute Gasteiger partial charge is 0.307 e. The van der Waals surface area contributed by atoms with Gasteiger partial charge in [-0.1, -0.05) is 37.6 Å². The molecule has 1 N–H and O–H groups in total. The summed E-state index contributed by atoms with van der Waals surface area (Å²) >= 11 is 5.95. The van der Waals surface area contributed by atoms with E-state index in [1.807, 2.05) is 31.5 Å². The van der Waals surface area contributed by atoms with Gasteiger partial charge in [0.15, 0.2) is 0 Å². The maximum atomic E-state index is 12.9. The van der Waals surface area contributed by atoms with E-state index in [4.69, 9.17) is 16.3 Å². The average Bonchev–Trinajstić information content (AvgIpc) is 3.08. The standard InChI is InChI=1S/C21H28ClN3O3/c1-13(2)18-11-17(24-25(18)21(3,4)5)20(27)23-16(12-19(26)28-6)14-7-9-15(22)10-8-14/h7-11,13,16H,12H2,1-6H3,(H,23,27). The Balaban J connectivity index is 2.32. The van der Waals surface area contributed by atoms with Gasteiger partial charge in [-0.2, -0.15) is 5.10 Å². The number of halogens is 1. The Morgan fingerprint density at radius 1 is 1.21 bits per heavy atom. The van der Waals surface area contributed by atoms with Crippen molar-refractivity contribution in [2.75, 3.05) is 7.11 Å². The molecular weight excluding hydrogens is 378 g/mol. The fraction of sp³-hybridized carbons (Fsp3) is 0.476. The summed E-state index contributed by atoms with van der Waals surface area (Å²) in [6, 6.07) is 8.27. The van der Waals surface area contributed by atoms with Crippen molar-refractivity contribution in [1.29, 1.82) is 0 Å². The number of ether oxygens (including phenoxy) is 1. The summed E-state index contributed by atoms with van der Waals surface area (Å²) in [7, 11) is 1.32. The summed E-state index contributed by atoms with van der Waals surface area (Å²) in [5.74, 6) is -0.535. The predicted octanol–water partition coefficient (Wildman–Crippen LogP) is 4.45. The fourth-order valence-electron chi connectivity index (χ4n) is 2.88. The zero-order chi connectivity index (χ0) is 21.1. The van der Waals surface area contributed by atoms with E-state index in [-0.39, 0.29) is 23.8 Å². The highest BCUT2D eigenvalue weighted by Crippen LogP contribution is 2.25. The highest BCUT2D eigenvalue weighted by Gasteiger charge is 2.26. The van der Waals surface area contributed by atoms with Gasteiger partial charge >= 0.3 is 5.97 Å². The van der Waals surface area contributed by atoms with E-state index in [0.29, 0.717) is 10.7 Å². The summed E-state index contributed by atoms with van der Waals surface area (Å²) in [6.45, 7) is 10.3. The SMILES string of the molecule is COC(=O)CC(NC(=O)c1cc(C(C)C)n(C(C)(C)C)n1)c1ccc(Cl)cc1. The predicted molar refractivity (Wildman–Crippen MR) is 110 cm³/mol. The van der Waals surface area contributed by atoms with Gasteiger partial charge in [0.2, 0.25) is 0 Å². The van der Waals surface area contributed by atoms with Crippen molar-refractivity contribution in [1.82, 2.24) is 15.1 Å². The molecule has 152 valence electrons. The molecule has 0 radical (unpaired) electrons. The van der Waals surface area contributed by atoms with Crippen LogP contribution in [-0.4, -0.2) is 28.8 Å². The number of rotatable bonds is 6. The van der Waals surface area contributed by atoms with Gasteiger partial charge in [-0.15, -0.1) is 0 Å². The highest BCUT2D eigenvalue weighted by molar-refractivity contribution is 6.30. The molecule has 2 aromatic rings. The van der Waals surface area contributed by atoms with Gasteiger partial charge in [0, 0.05) is 10.7 Å². The van der Waals surface area contributed by atoms with E-state index in [2.05, 4.69) is 24.3 Å². The van der Waals surface area contributed by atoms with Crippen LogP contribution in [0.15, 0.2) is 30.3 Å². The molecule has 1 heterocycles. The van der Waals surface area contributed by atoms with Crippen LogP contribution >= 0.6 is 11.6 Å². The van der Waals surface area contributed by atoms with E-state index in [1.54, 1.807) is 24.3 Å². The largest absolute Gasteiger partial charge is 0.469 e. The number of hydrogen-bond donors (Lipinski definition) is 1. The zero-order valence-corrected chi connectivity index (χ0v) is 18.0. The molecule has 6 nitrogen and oxygen atoms in total. The lowest BCUT2D eigenvalue weighted by atomic mass is 10.0. The number of methoxy groups -OCH3 is 1. The Kier molecular flexibility index (Phi) is 6.88. The van der Waals surface area contributed by atoms with E-state index >= 15 is 0 Å². The van der Waals surface area contributed by atoms with Gasteiger partial charge in [0.05, 0.1) is 25.1 Å². The summed E-state index contributed by atoms with van der Waals surface area (Å²) in [5.41, 5.74) is 1.82. The molecule has 2 rings (SSSR count). The van der Waals surface area contributed by atoms with Crippen molar-refractivity contribution in [2.45, 2.75) is 58.5 Å². The number of amides is 1. The van der Waals surface area contributed by atoms with Crippen molar-refractivity contribution in [3.8, 4) is 0 Å². The van der Waals surface area contributed by atoms with Gasteiger partial charge in [-0.05, 0) is 50.5 Å². The number of esters is 1. The Labute approximate surface area is 171 Å². The van der Waals surface area contributed by atoms with Crippen LogP contribution in [0, 0.1) is 0 Å². The second kappa shape index (κ2) is 8.78. The lowest BCUT2D eigenvalue weighted by Gasteiger charge is -2.23. The molecule has 0 saturated heterocycles. The van der Waals surface area contributed by atoms with Crippen LogP contribution in [0.1, 0.15) is 74.7 Å². The van der Waals surface area contributed by atoms with Crippen molar-refractivity contribution in [3.05, 3.63) is 52.3 Å². The third-order valence-corrected chi connectivity index (χ3v) is 4.62. The molecule has 0 aliphatic rings. The van der Waals surface area contributed by atoms with Crippen LogP contribution in [0.25, 0.3) is 0 Å². The number of nitrogens with one attached hydrogen (secondary N) is 1. The van der Waals surface area contributed by atoms with Crippen LogP contribution in [0.3, 0.4) is 0 Å². The van der Waals surface area contributed by atoms with Crippen molar-refractivity contribution < 1.29 is 14.3 Å². The summed E-state index contributed by atoms with van der Waals surface area (Å²) < 4.78 is 6.66. The Morgan fingerprint density at radius 3 is 2.29 bits per heavy atom. The third-order valence-electron chi connectivity index (χ3n) is 4.37. The highest BCUT2D eigenvalue weighted by atomic mass is 35.5. The molecule has 1 aromatic carbocycles. The maximum Gasteiger partial charge on any atom is 0.307 e. The average molecular weight is 406 g/mol. The van der Waals surface area contributed by atoms with Crippen LogP contribution in [-0.2, 0) is 15.1 Å². The van der Waals surface area contributed by atoms with Crippen LogP contribution in [0.2, 0.25) is 5.02 Å². The monoisotopic (exact) mass is 405 g/mol. The summed E-state index contributed by atoms with van der Waals surface area (Å²) in [6.07, 6.45) is 0.0148. The fourth-order valence-corrected chi connectivity index (χ4v) is 3.01. The second-order valence-corrected chi connectivity index (χ2v) is 8.49. The lowest BCUT2D eigenvalue weighted by molar-refractivity contribution is -0.141. The first-order valence-corrected chi connectivity index (χ1v) is 9.64. The second-order valence-electron chi connectivity index (χ2n) is 8.05. The van der Waals surface area contributed by atoms with Crippen LogP contribution < -0.4 is 5.32 Å². The number of aromatic nitrogens is 2. The molecule has 1 aromatic heterocycles. The number of nitrogens with zero attached hydrogens (tertiary/aromatic N) is 2. The lowest BCUT2D eigenvalue weighted by Crippen LogP contribution is -2.31. The molecular formula is C21H28ClN3O3. The zero-order valence-electron chi connectivity index (χ0n) is 17.2. The molecule has 0 aliphatic carbocycles. The van der Waals surface area contributed by atoms with Crippen molar-refractivity contribution in [3.63, 3.8) is 0 Å². The molecule has 0 fully saturated rings. The van der Waals surface area contributed by atoms with Gasteiger partial charge < -0.3 is 10.1 Å². The first-order chi connectivity index (χ1) is 13.0. The van der Waals surface area contributed by atoms with Crippen molar-refractivity contribution in [2.24, 2.45) is 0 Å². The molecule has 0 spiro atoms. The number of carbonyl (C=O) groups is 2. The molecule has 1 unspecified atom stereocenters. The van der Waals surface area contributed by atoms with Crippen LogP contribution in [0.4, 0.5) is 0 Å². The first-order valence-electron chi connectivity index (χ1n) is 9.26. The van der Waals surface area contributed by atoms with E-state index < -0.39 is 12.0 Å². The van der Waals surface area contributed by atoms with Crippen LogP contribution in [0.5, 0.6) is 0 Å². The topological polar surface area (TPSA) is 73.2 Å². The molecule has 7 heteroatoms. The molecule has 0 aliphatic heterocycles. The normalized spacial score (nSPS) is 12.7. The van der Waals surface area contributed by atoms with E-state index in [0.717, 1.165) is 11.3 Å². The summed E-state index contributed by atoms with van der Waals surface area (Å²) in [5, 5.41) is 8.02. The molecule has 0 bridgehead atoms. The number of benzene rings is 1. The van der Waals surface area contributed by atoms with E-state index in [1.165, 1.54) is 7.11 Å². The maximum absolute atomic E-state index is 12.9. The molecule has 1 amide bonds. The Hall–Kier alpha value is -2.34. The molecule has 0 saturated carbocycles. The van der Waals surface area contributed by atoms with Gasteiger partial charge in [-0.25, -0.2) is 0 Å². The summed E-state index contributed by atoms with van der Waals surface area (Å²) in [4.78, 5) is 24.8. The minimum Gasteiger partial charge on any atom is -0.469 e. The third kappa shape index (κ3) is 5.35. The minimum absolute atomic E-state index is 0.0148. The Morgan fingerprint density at radius 2 is 1.82 bits per heavy atom. The van der Waals surface area contributed by atoms with Gasteiger partial charge in [-0.3, -0.25) is 14.3 Å². The van der Waals surface area contributed by atoms with Crippen molar-refractivity contribution >= 4 is 23.5 Å².